The molecule has 6 aromatic heterocycles. The molecule has 8 aromatic rings. The number of nitro groups is 2. The predicted molar refractivity (Wildman–Crippen MR) is 325 cm³/mol. The number of rotatable bonds is 22. The Morgan fingerprint density at radius 1 is 0.609 bits per heavy atom. The highest BCUT2D eigenvalue weighted by Crippen LogP contribution is 2.33. The van der Waals surface area contributed by atoms with Crippen LogP contribution in [0.15, 0.2) is 85.2 Å². The number of aromatic nitrogens is 10. The summed E-state index contributed by atoms with van der Waals surface area (Å²) in [4.78, 5) is 108. The number of allylic oxidation sites excluding steroid dienone is 2. The molecule has 0 radical (unpaired) electrons. The maximum atomic E-state index is 13.2. The van der Waals surface area contributed by atoms with E-state index in [4.69, 9.17) is 49.7 Å². The van der Waals surface area contributed by atoms with Gasteiger partial charge < -0.3 is 52.6 Å². The smallest absolute Gasteiger partial charge is 0.312 e. The van der Waals surface area contributed by atoms with Crippen LogP contribution in [-0.2, 0) is 26.2 Å². The third-order valence-electron chi connectivity index (χ3n) is 12.0. The van der Waals surface area contributed by atoms with Crippen LogP contribution < -0.4 is 54.1 Å². The topological polar surface area (TPSA) is 470 Å². The zero-order valence-electron chi connectivity index (χ0n) is 47.2. The molecule has 8 rings (SSSR count). The van der Waals surface area contributed by atoms with Gasteiger partial charge in [-0.15, -0.1) is 24.8 Å². The van der Waals surface area contributed by atoms with Crippen molar-refractivity contribution in [3.8, 4) is 11.5 Å². The van der Waals surface area contributed by atoms with Gasteiger partial charge in [0, 0.05) is 74.9 Å². The number of ether oxygens (including phenoxy) is 2. The van der Waals surface area contributed by atoms with Crippen molar-refractivity contribution >= 4 is 123 Å². The number of fused-ring (bicyclic) bond motifs is 2. The van der Waals surface area contributed by atoms with E-state index in [1.54, 1.807) is 67.9 Å². The summed E-state index contributed by atoms with van der Waals surface area (Å²) in [6.07, 6.45) is 9.31. The zero-order chi connectivity index (χ0) is 62.4. The maximum Gasteiger partial charge on any atom is 0.312 e. The zero-order valence-corrected chi connectivity index (χ0v) is 49.6. The third-order valence-corrected chi connectivity index (χ3v) is 12.3. The van der Waals surface area contributed by atoms with Gasteiger partial charge in [0.05, 0.1) is 57.6 Å². The molecule has 0 fully saturated rings. The second-order valence-corrected chi connectivity index (χ2v) is 18.1. The minimum Gasteiger partial charge on any atom is -0.494 e. The van der Waals surface area contributed by atoms with E-state index < -0.39 is 50.8 Å². The van der Waals surface area contributed by atoms with Crippen molar-refractivity contribution in [2.75, 3.05) is 43.3 Å². The average Bonchev–Trinajstić information content (AvgIpc) is 1.74. The minimum absolute atomic E-state index is 0. The van der Waals surface area contributed by atoms with E-state index in [2.05, 4.69) is 46.1 Å². The number of imidazole rings is 2. The molecule has 0 aliphatic heterocycles. The quantitative estimate of drug-likeness (QED) is 0.0191. The first-order valence-corrected chi connectivity index (χ1v) is 25.6. The van der Waals surface area contributed by atoms with Crippen molar-refractivity contribution in [3.63, 3.8) is 0 Å². The van der Waals surface area contributed by atoms with Crippen LogP contribution in [0.2, 0.25) is 5.15 Å². The molecule has 0 saturated heterocycles. The van der Waals surface area contributed by atoms with Crippen molar-refractivity contribution in [3.05, 3.63) is 156 Å². The highest BCUT2D eigenvalue weighted by atomic mass is 35.5. The normalized spacial score (nSPS) is 10.7. The number of benzene rings is 2. The first kappa shape index (κ1) is 68.9. The van der Waals surface area contributed by atoms with Crippen LogP contribution in [0, 0.1) is 34.1 Å². The maximum absolute atomic E-state index is 13.2. The first-order chi connectivity index (χ1) is 40.4. The number of carbonyl (C=O) groups is 6. The second kappa shape index (κ2) is 30.8. The molecule has 0 bridgehead atoms. The Morgan fingerprint density at radius 2 is 1.02 bits per heavy atom. The third kappa shape index (κ3) is 16.6. The summed E-state index contributed by atoms with van der Waals surface area (Å²) in [5.41, 5.74) is 30.2. The number of methoxy groups -OCH3 is 2. The number of amides is 6. The molecular weight excluding hydrogens is 1200 g/mol. The molecule has 0 atom stereocenters. The van der Waals surface area contributed by atoms with Gasteiger partial charge >= 0.3 is 11.4 Å². The van der Waals surface area contributed by atoms with Gasteiger partial charge in [0.1, 0.15) is 33.9 Å². The average molecular weight is 1260 g/mol. The molecule has 0 aliphatic rings. The second-order valence-electron chi connectivity index (χ2n) is 17.7. The highest BCUT2D eigenvalue weighted by Gasteiger charge is 2.24. The fraction of sp³-hybridized carbons (Fsp3) is 0.231. The number of nitrogens with zero attached hydrogens (tertiary/aromatic N) is 12. The van der Waals surface area contributed by atoms with E-state index in [9.17, 15) is 49.0 Å². The van der Waals surface area contributed by atoms with Gasteiger partial charge in [-0.25, -0.2) is 19.9 Å². The lowest BCUT2D eigenvalue weighted by atomic mass is 10.1. The summed E-state index contributed by atoms with van der Waals surface area (Å²) in [7, 11) is 2.92. The molecule has 0 spiro atoms. The SMILES string of the molecule is CCn1nc(C)cc1C(=O)Nc1nc2cc(C(N)=O)cc(OC)c2n1C/C=C/CN.CCn1nc(C)cc1C(=O)Nc1nc2cc(C(N)=O)cc(OC)c2n1C/C=C/CNc1ncc(C(N)=O)cc1[N+](=O)[O-].Cl.Cl.NC(=O)c1cnc(Cl)c([N+](=O)[O-])c1. The molecule has 0 unspecified atom stereocenters. The number of primary amides is 4. The largest absolute Gasteiger partial charge is 0.494 e. The van der Waals surface area contributed by atoms with Crippen LogP contribution in [0.5, 0.6) is 11.5 Å². The fourth-order valence-corrected chi connectivity index (χ4v) is 8.30. The number of hydrogen-bond donors (Lipinski definition) is 8. The van der Waals surface area contributed by atoms with E-state index in [-0.39, 0.29) is 83.0 Å². The highest BCUT2D eigenvalue weighted by molar-refractivity contribution is 6.31. The Balaban J connectivity index is 0.000000313. The van der Waals surface area contributed by atoms with Crippen LogP contribution in [0.4, 0.5) is 29.1 Å². The Labute approximate surface area is 510 Å². The molecule has 2 aromatic carbocycles. The summed E-state index contributed by atoms with van der Waals surface area (Å²) < 4.78 is 17.6. The lowest BCUT2D eigenvalue weighted by Gasteiger charge is -2.11. The number of aryl methyl sites for hydroxylation is 4. The first-order valence-electron chi connectivity index (χ1n) is 25.2. The number of anilines is 3. The fourth-order valence-electron chi connectivity index (χ4n) is 8.13. The number of halogens is 3. The van der Waals surface area contributed by atoms with E-state index in [0.717, 1.165) is 30.2 Å². The molecule has 35 heteroatoms. The van der Waals surface area contributed by atoms with Gasteiger partial charge in [0.15, 0.2) is 0 Å². The van der Waals surface area contributed by atoms with E-state index in [1.807, 2.05) is 26.8 Å². The van der Waals surface area contributed by atoms with Crippen LogP contribution in [0.25, 0.3) is 22.1 Å². The Bertz CT molecular complexity index is 3990. The van der Waals surface area contributed by atoms with Gasteiger partial charge in [0.2, 0.25) is 34.7 Å². The van der Waals surface area contributed by atoms with Crippen LogP contribution >= 0.6 is 36.4 Å². The molecular formula is C52H59Cl3N20O12. The number of nitrogens with two attached hydrogens (primary N) is 5. The van der Waals surface area contributed by atoms with Crippen molar-refractivity contribution in [2.24, 2.45) is 28.7 Å². The molecule has 0 saturated carbocycles. The van der Waals surface area contributed by atoms with E-state index in [0.29, 0.717) is 82.8 Å². The number of pyridine rings is 2. The van der Waals surface area contributed by atoms with E-state index in [1.165, 1.54) is 26.4 Å². The lowest BCUT2D eigenvalue weighted by Crippen LogP contribution is -2.20. The predicted octanol–water partition coefficient (Wildman–Crippen LogP) is 5.01. The van der Waals surface area contributed by atoms with Gasteiger partial charge in [-0.1, -0.05) is 35.9 Å². The van der Waals surface area contributed by atoms with Gasteiger partial charge in [-0.05, 0) is 64.1 Å². The molecule has 13 N–H and O–H groups in total. The summed E-state index contributed by atoms with van der Waals surface area (Å²) >= 11 is 5.39. The summed E-state index contributed by atoms with van der Waals surface area (Å²) in [6.45, 7) is 9.51. The minimum atomic E-state index is -0.833. The Morgan fingerprint density at radius 3 is 1.41 bits per heavy atom. The van der Waals surface area contributed by atoms with Crippen LogP contribution in [-0.4, -0.2) is 121 Å². The van der Waals surface area contributed by atoms with Gasteiger partial charge in [-0.3, -0.25) is 69.0 Å². The van der Waals surface area contributed by atoms with Crippen molar-refractivity contribution in [1.82, 2.24) is 48.6 Å². The van der Waals surface area contributed by atoms with Gasteiger partial charge in [-0.2, -0.15) is 10.2 Å². The Kier molecular flexibility index (Phi) is 24.4. The summed E-state index contributed by atoms with van der Waals surface area (Å²) in [5, 5.41) is 38.6. The number of hydrogen-bond acceptors (Lipinski definition) is 20. The molecule has 32 nitrogen and oxygen atoms in total. The molecule has 6 heterocycles. The van der Waals surface area contributed by atoms with Crippen molar-refractivity contribution in [2.45, 2.75) is 53.9 Å². The van der Waals surface area contributed by atoms with Crippen LogP contribution in [0.1, 0.15) is 87.6 Å². The number of carbonyl (C=O) groups excluding carboxylic acids is 6. The summed E-state index contributed by atoms with van der Waals surface area (Å²) in [5.74, 6) is -2.50. The Hall–Kier alpha value is -10.6. The summed E-state index contributed by atoms with van der Waals surface area (Å²) in [6, 6.07) is 11.5. The van der Waals surface area contributed by atoms with Crippen molar-refractivity contribution < 1.29 is 48.1 Å². The van der Waals surface area contributed by atoms with Crippen molar-refractivity contribution in [1.29, 1.82) is 0 Å². The van der Waals surface area contributed by atoms with Gasteiger partial charge in [0.25, 0.3) is 23.6 Å². The number of nitrogens with one attached hydrogen (secondary N) is 3. The molecule has 460 valence electrons. The monoisotopic (exact) mass is 1260 g/mol. The standard InChI is InChI=1S/C26H28N10O6.C20H25N7O3.C6H4ClN3O3.2ClH/c1-4-35-19(9-14(2)33-35)25(39)32-26-31-17-10-15(22(27)37)12-20(42-3)21(17)34(26)8-6-5-7-29-24-18(36(40)41)11-16(13-30-24)23(28)38;1-4-27-15(9-12(2)25-27)19(29)24-20-23-14-10-13(18(22)28)11-16(30-3)17(14)26(20)8-6-5-7-21;7-5-4(10(12)13)1-3(2-9-5)6(8)11;;/h5-6,9-13H,4,7-8H2,1-3H3,(H2,27,37)(H2,28,38)(H,29,30)(H,31,32,39);5-6,9-11H,4,7-8,21H2,1-3H3,(H2,22,28)(H,23,24,29);1-2H,(H2,8,11);2*1H/b2*6-5+;;;. The van der Waals surface area contributed by atoms with Crippen LogP contribution in [0.3, 0.4) is 0 Å². The lowest BCUT2D eigenvalue weighted by molar-refractivity contribution is -0.385. The molecule has 6 amide bonds. The molecule has 87 heavy (non-hydrogen) atoms. The molecule has 0 aliphatic carbocycles. The van der Waals surface area contributed by atoms with E-state index >= 15 is 0 Å².